The van der Waals surface area contributed by atoms with Gasteiger partial charge in [0.2, 0.25) is 0 Å². The maximum absolute atomic E-state index is 12.9. The van der Waals surface area contributed by atoms with Crippen LogP contribution in [0, 0.1) is 0 Å². The van der Waals surface area contributed by atoms with Gasteiger partial charge in [-0.25, -0.2) is 8.42 Å². The lowest BCUT2D eigenvalue weighted by molar-refractivity contribution is 0.0940. The summed E-state index contributed by atoms with van der Waals surface area (Å²) in [5.41, 5.74) is 2.01. The van der Waals surface area contributed by atoms with E-state index < -0.39 is 10.0 Å². The number of nitrogens with zero attached hydrogens (tertiary/aromatic N) is 1. The molecule has 0 aliphatic carbocycles. The molecule has 150 valence electrons. The Hall–Kier alpha value is -3.12. The molecule has 0 fully saturated rings. The van der Waals surface area contributed by atoms with Gasteiger partial charge in [-0.1, -0.05) is 48.5 Å². The molecule has 0 aliphatic heterocycles. The Kier molecular flexibility index (Phi) is 6.34. The van der Waals surface area contributed by atoms with E-state index in [0.29, 0.717) is 11.3 Å². The highest BCUT2D eigenvalue weighted by atomic mass is 32.2. The third-order valence-corrected chi connectivity index (χ3v) is 6.60. The minimum absolute atomic E-state index is 0.131. The van der Waals surface area contributed by atoms with E-state index in [1.54, 1.807) is 61.5 Å². The van der Waals surface area contributed by atoms with E-state index in [2.05, 4.69) is 5.32 Å². The summed E-state index contributed by atoms with van der Waals surface area (Å²) in [5, 5.41) is 2.96. The highest BCUT2D eigenvalue weighted by molar-refractivity contribution is 7.92. The van der Waals surface area contributed by atoms with Crippen LogP contribution < -0.4 is 9.62 Å². The molecule has 0 unspecified atom stereocenters. The van der Waals surface area contributed by atoms with Crippen molar-refractivity contribution < 1.29 is 13.2 Å². The summed E-state index contributed by atoms with van der Waals surface area (Å²) in [6, 6.07) is 24.5. The first kappa shape index (κ1) is 20.6. The van der Waals surface area contributed by atoms with Crippen LogP contribution >= 0.6 is 0 Å². The smallest absolute Gasteiger partial charge is 0.264 e. The van der Waals surface area contributed by atoms with Crippen LogP contribution in [0.25, 0.3) is 0 Å². The molecule has 3 aromatic carbocycles. The molecule has 3 rings (SSSR count). The first-order chi connectivity index (χ1) is 13.9. The van der Waals surface area contributed by atoms with Crippen molar-refractivity contribution in [2.24, 2.45) is 0 Å². The fourth-order valence-corrected chi connectivity index (χ4v) is 4.59. The standard InChI is InChI=1S/C23H24N2O3S/c1-3-25(29(27,28)22-12-8-5-9-13-22)21-16-14-20(15-17-21)23(26)24-18(2)19-10-6-4-7-11-19/h4-18H,3H2,1-2H3,(H,24,26)/t18-/m1/s1. The van der Waals surface area contributed by atoms with Crippen LogP contribution in [0.15, 0.2) is 89.8 Å². The van der Waals surface area contributed by atoms with Crippen LogP contribution in [0.2, 0.25) is 0 Å². The van der Waals surface area contributed by atoms with Gasteiger partial charge in [0, 0.05) is 12.1 Å². The molecular formula is C23H24N2O3S. The number of benzene rings is 3. The summed E-state index contributed by atoms with van der Waals surface area (Å²) < 4.78 is 27.2. The van der Waals surface area contributed by atoms with Crippen molar-refractivity contribution in [3.05, 3.63) is 96.1 Å². The first-order valence-electron chi connectivity index (χ1n) is 9.47. The quantitative estimate of drug-likeness (QED) is 0.630. The zero-order chi connectivity index (χ0) is 20.9. The van der Waals surface area contributed by atoms with Crippen LogP contribution in [0.3, 0.4) is 0 Å². The Balaban J connectivity index is 1.77. The number of hydrogen-bond donors (Lipinski definition) is 1. The normalized spacial score (nSPS) is 12.2. The average molecular weight is 409 g/mol. The number of amides is 1. The van der Waals surface area contributed by atoms with E-state index >= 15 is 0 Å². The number of anilines is 1. The molecule has 3 aromatic rings. The van der Waals surface area contributed by atoms with Gasteiger partial charge >= 0.3 is 0 Å². The van der Waals surface area contributed by atoms with Crippen molar-refractivity contribution in [3.8, 4) is 0 Å². The van der Waals surface area contributed by atoms with Crippen LogP contribution in [-0.2, 0) is 10.0 Å². The van der Waals surface area contributed by atoms with Gasteiger partial charge < -0.3 is 5.32 Å². The minimum atomic E-state index is -3.66. The molecule has 29 heavy (non-hydrogen) atoms. The molecule has 0 saturated carbocycles. The Bertz CT molecular complexity index is 1050. The molecule has 0 bridgehead atoms. The lowest BCUT2D eigenvalue weighted by Gasteiger charge is -2.23. The van der Waals surface area contributed by atoms with Gasteiger partial charge in [0.15, 0.2) is 0 Å². The summed E-state index contributed by atoms with van der Waals surface area (Å²) in [4.78, 5) is 12.8. The lowest BCUT2D eigenvalue weighted by Crippen LogP contribution is -2.31. The fourth-order valence-electron chi connectivity index (χ4n) is 3.10. The Morgan fingerprint density at radius 2 is 1.45 bits per heavy atom. The van der Waals surface area contributed by atoms with Crippen LogP contribution in [0.5, 0.6) is 0 Å². The maximum atomic E-state index is 12.9. The summed E-state index contributed by atoms with van der Waals surface area (Å²) in [6.07, 6.45) is 0. The monoisotopic (exact) mass is 408 g/mol. The fraction of sp³-hybridized carbons (Fsp3) is 0.174. The number of rotatable bonds is 7. The van der Waals surface area contributed by atoms with Crippen LogP contribution in [0.1, 0.15) is 35.8 Å². The van der Waals surface area contributed by atoms with Gasteiger partial charge in [-0.05, 0) is 55.8 Å². The van der Waals surface area contributed by atoms with Crippen molar-refractivity contribution in [1.29, 1.82) is 0 Å². The topological polar surface area (TPSA) is 66.5 Å². The molecule has 1 amide bonds. The van der Waals surface area contributed by atoms with Gasteiger partial charge in [-0.2, -0.15) is 0 Å². The molecule has 6 heteroatoms. The highest BCUT2D eigenvalue weighted by Gasteiger charge is 2.23. The molecular weight excluding hydrogens is 384 g/mol. The van der Waals surface area contributed by atoms with E-state index in [9.17, 15) is 13.2 Å². The van der Waals surface area contributed by atoms with Gasteiger partial charge in [0.25, 0.3) is 15.9 Å². The second-order valence-electron chi connectivity index (χ2n) is 6.64. The first-order valence-corrected chi connectivity index (χ1v) is 10.9. The summed E-state index contributed by atoms with van der Waals surface area (Å²) >= 11 is 0. The third kappa shape index (κ3) is 4.66. The van der Waals surface area contributed by atoms with E-state index in [-0.39, 0.29) is 23.4 Å². The molecule has 1 N–H and O–H groups in total. The van der Waals surface area contributed by atoms with E-state index in [1.165, 1.54) is 4.31 Å². The molecule has 5 nitrogen and oxygen atoms in total. The highest BCUT2D eigenvalue weighted by Crippen LogP contribution is 2.24. The number of sulfonamides is 1. The van der Waals surface area contributed by atoms with E-state index in [4.69, 9.17) is 0 Å². The largest absolute Gasteiger partial charge is 0.346 e. The summed E-state index contributed by atoms with van der Waals surface area (Å²) in [6.45, 7) is 3.99. The number of carbonyl (C=O) groups is 1. The minimum Gasteiger partial charge on any atom is -0.346 e. The van der Waals surface area contributed by atoms with Gasteiger partial charge in [-0.3, -0.25) is 9.10 Å². The lowest BCUT2D eigenvalue weighted by atomic mass is 10.1. The van der Waals surface area contributed by atoms with Crippen LogP contribution in [0.4, 0.5) is 5.69 Å². The molecule has 0 saturated heterocycles. The predicted octanol–water partition coefficient (Wildman–Crippen LogP) is 4.39. The van der Waals surface area contributed by atoms with Crippen molar-refractivity contribution in [2.75, 3.05) is 10.8 Å². The number of nitrogens with one attached hydrogen (secondary N) is 1. The Morgan fingerprint density at radius 1 is 0.897 bits per heavy atom. The van der Waals surface area contributed by atoms with Crippen molar-refractivity contribution >= 4 is 21.6 Å². The zero-order valence-corrected chi connectivity index (χ0v) is 17.3. The average Bonchev–Trinajstić information content (AvgIpc) is 2.75. The number of carbonyl (C=O) groups excluding carboxylic acids is 1. The van der Waals surface area contributed by atoms with Gasteiger partial charge in [0.05, 0.1) is 16.6 Å². The van der Waals surface area contributed by atoms with Crippen molar-refractivity contribution in [2.45, 2.75) is 24.8 Å². The van der Waals surface area contributed by atoms with Crippen molar-refractivity contribution in [1.82, 2.24) is 5.32 Å². The number of hydrogen-bond acceptors (Lipinski definition) is 3. The molecule has 1 atom stereocenters. The van der Waals surface area contributed by atoms with E-state index in [0.717, 1.165) is 5.56 Å². The summed E-state index contributed by atoms with van der Waals surface area (Å²) in [7, 11) is -3.66. The molecule has 0 heterocycles. The molecule has 0 radical (unpaired) electrons. The molecule has 0 aliphatic rings. The van der Waals surface area contributed by atoms with Gasteiger partial charge in [0.1, 0.15) is 0 Å². The summed E-state index contributed by atoms with van der Waals surface area (Å²) in [5.74, 6) is -0.207. The maximum Gasteiger partial charge on any atom is 0.264 e. The second-order valence-corrected chi connectivity index (χ2v) is 8.50. The predicted molar refractivity (Wildman–Crippen MR) is 115 cm³/mol. The Morgan fingerprint density at radius 3 is 2.00 bits per heavy atom. The third-order valence-electron chi connectivity index (χ3n) is 4.68. The van der Waals surface area contributed by atoms with E-state index in [1.807, 2.05) is 37.3 Å². The Labute approximate surface area is 172 Å². The molecule has 0 aromatic heterocycles. The SMILES string of the molecule is CCN(c1ccc(C(=O)N[C@H](C)c2ccccc2)cc1)S(=O)(=O)c1ccccc1. The van der Waals surface area contributed by atoms with Gasteiger partial charge in [-0.15, -0.1) is 0 Å². The zero-order valence-electron chi connectivity index (χ0n) is 16.4. The molecule has 0 spiro atoms. The van der Waals surface area contributed by atoms with Crippen molar-refractivity contribution in [3.63, 3.8) is 0 Å². The second kappa shape index (κ2) is 8.92. The van der Waals surface area contributed by atoms with Crippen LogP contribution in [-0.4, -0.2) is 20.9 Å².